The maximum atomic E-state index is 13.3. The van der Waals surface area contributed by atoms with Gasteiger partial charge in [0.15, 0.2) is 0 Å². The molecular formula is C26H31N3O4. The van der Waals surface area contributed by atoms with Gasteiger partial charge in [-0.3, -0.25) is 9.69 Å². The van der Waals surface area contributed by atoms with Gasteiger partial charge in [-0.25, -0.2) is 9.59 Å². The van der Waals surface area contributed by atoms with Crippen LogP contribution in [0.5, 0.6) is 0 Å². The van der Waals surface area contributed by atoms with E-state index in [0.29, 0.717) is 35.5 Å². The van der Waals surface area contributed by atoms with Crippen molar-refractivity contribution in [2.45, 2.75) is 46.1 Å². The van der Waals surface area contributed by atoms with Crippen molar-refractivity contribution in [2.75, 3.05) is 18.5 Å². The maximum Gasteiger partial charge on any atom is 0.338 e. The van der Waals surface area contributed by atoms with E-state index in [2.05, 4.69) is 17.6 Å². The highest BCUT2D eigenvalue weighted by Gasteiger charge is 2.38. The second-order valence-corrected chi connectivity index (χ2v) is 7.76. The molecule has 2 N–H and O–H groups in total. The number of urea groups is 1. The summed E-state index contributed by atoms with van der Waals surface area (Å²) < 4.78 is 5.44. The standard InChI is InChI=1S/C26H31N3O4/c1-4-7-16-29-24(18-12-9-8-10-13-18)22(25(31)33-6-3)23(28-26(29)32)19-14-11-15-20(17-19)27-21(30)5-2/h8-15,17,23H,4-7,16H2,1-3H3,(H,27,30)(H,28,32). The maximum absolute atomic E-state index is 13.3. The fourth-order valence-electron chi connectivity index (χ4n) is 3.81. The van der Waals surface area contributed by atoms with Crippen molar-refractivity contribution in [2.24, 2.45) is 0 Å². The minimum absolute atomic E-state index is 0.114. The van der Waals surface area contributed by atoms with Crippen molar-refractivity contribution in [3.05, 3.63) is 71.3 Å². The molecule has 1 unspecified atom stereocenters. The Morgan fingerprint density at radius 3 is 2.48 bits per heavy atom. The van der Waals surface area contributed by atoms with Gasteiger partial charge in [-0.15, -0.1) is 0 Å². The smallest absolute Gasteiger partial charge is 0.338 e. The number of hydrogen-bond donors (Lipinski definition) is 2. The van der Waals surface area contributed by atoms with E-state index in [1.165, 1.54) is 0 Å². The zero-order chi connectivity index (χ0) is 23.8. The first-order valence-electron chi connectivity index (χ1n) is 11.4. The fraction of sp³-hybridized carbons (Fsp3) is 0.346. The summed E-state index contributed by atoms with van der Waals surface area (Å²) in [6.07, 6.45) is 2.05. The summed E-state index contributed by atoms with van der Waals surface area (Å²) in [4.78, 5) is 40.1. The van der Waals surface area contributed by atoms with E-state index < -0.39 is 12.0 Å². The van der Waals surface area contributed by atoms with Crippen molar-refractivity contribution < 1.29 is 19.1 Å². The second kappa shape index (κ2) is 11.3. The van der Waals surface area contributed by atoms with Crippen molar-refractivity contribution >= 4 is 29.3 Å². The van der Waals surface area contributed by atoms with Gasteiger partial charge in [0.2, 0.25) is 5.91 Å². The van der Waals surface area contributed by atoms with Gasteiger partial charge >= 0.3 is 12.0 Å². The highest BCUT2D eigenvalue weighted by atomic mass is 16.5. The lowest BCUT2D eigenvalue weighted by atomic mass is 9.91. The van der Waals surface area contributed by atoms with Crippen molar-refractivity contribution in [3.63, 3.8) is 0 Å². The number of amides is 3. The van der Waals surface area contributed by atoms with E-state index in [1.807, 2.05) is 36.4 Å². The van der Waals surface area contributed by atoms with Crippen LogP contribution >= 0.6 is 0 Å². The number of hydrogen-bond acceptors (Lipinski definition) is 4. The van der Waals surface area contributed by atoms with Crippen LogP contribution in [0.1, 0.15) is 57.2 Å². The first-order chi connectivity index (χ1) is 16.0. The minimum atomic E-state index is -0.719. The Labute approximate surface area is 194 Å². The molecule has 0 aliphatic carbocycles. The number of esters is 1. The Morgan fingerprint density at radius 2 is 1.82 bits per heavy atom. The summed E-state index contributed by atoms with van der Waals surface area (Å²) in [6, 6.07) is 15.6. The van der Waals surface area contributed by atoms with Gasteiger partial charge in [-0.1, -0.05) is 62.7 Å². The van der Waals surface area contributed by atoms with Gasteiger partial charge in [0.25, 0.3) is 0 Å². The van der Waals surface area contributed by atoms with E-state index in [9.17, 15) is 14.4 Å². The van der Waals surface area contributed by atoms with Gasteiger partial charge in [0.05, 0.1) is 23.9 Å². The molecule has 33 heavy (non-hydrogen) atoms. The van der Waals surface area contributed by atoms with Crippen LogP contribution in [0.4, 0.5) is 10.5 Å². The number of unbranched alkanes of at least 4 members (excludes halogenated alkanes) is 1. The third-order valence-corrected chi connectivity index (χ3v) is 5.43. The van der Waals surface area contributed by atoms with E-state index in [4.69, 9.17) is 4.74 Å². The first kappa shape index (κ1) is 24.0. The normalized spacial score (nSPS) is 15.8. The largest absolute Gasteiger partial charge is 0.463 e. The SMILES string of the molecule is CCCCN1C(=O)NC(c2cccc(NC(=O)CC)c2)C(C(=O)OCC)=C1c1ccccc1. The predicted molar refractivity (Wildman–Crippen MR) is 128 cm³/mol. The number of ether oxygens (including phenoxy) is 1. The van der Waals surface area contributed by atoms with Crippen LogP contribution in [0.15, 0.2) is 60.2 Å². The van der Waals surface area contributed by atoms with Crippen LogP contribution < -0.4 is 10.6 Å². The number of nitrogens with zero attached hydrogens (tertiary/aromatic N) is 1. The molecule has 0 fully saturated rings. The van der Waals surface area contributed by atoms with E-state index in [1.54, 1.807) is 36.9 Å². The summed E-state index contributed by atoms with van der Waals surface area (Å²) in [7, 11) is 0. The van der Waals surface area contributed by atoms with Crippen LogP contribution in [-0.2, 0) is 14.3 Å². The number of carbonyl (C=O) groups is 3. The van der Waals surface area contributed by atoms with Crippen LogP contribution in [0.25, 0.3) is 5.70 Å². The quantitative estimate of drug-likeness (QED) is 0.535. The Morgan fingerprint density at radius 1 is 1.06 bits per heavy atom. The summed E-state index contributed by atoms with van der Waals surface area (Å²) in [5.41, 5.74) is 2.99. The van der Waals surface area contributed by atoms with Crippen molar-refractivity contribution in [1.29, 1.82) is 0 Å². The van der Waals surface area contributed by atoms with Gasteiger partial charge in [-0.2, -0.15) is 0 Å². The molecule has 7 heteroatoms. The lowest BCUT2D eigenvalue weighted by Crippen LogP contribution is -2.48. The second-order valence-electron chi connectivity index (χ2n) is 7.76. The molecule has 174 valence electrons. The number of rotatable bonds is 9. The molecule has 1 heterocycles. The van der Waals surface area contributed by atoms with E-state index >= 15 is 0 Å². The molecular weight excluding hydrogens is 418 g/mol. The molecule has 2 aromatic rings. The molecule has 0 spiro atoms. The van der Waals surface area contributed by atoms with Crippen LogP contribution in [-0.4, -0.2) is 36.0 Å². The van der Waals surface area contributed by atoms with Crippen LogP contribution in [0.2, 0.25) is 0 Å². The van der Waals surface area contributed by atoms with Gasteiger partial charge < -0.3 is 15.4 Å². The minimum Gasteiger partial charge on any atom is -0.463 e. The Balaban J connectivity index is 2.19. The molecule has 1 aliphatic heterocycles. The zero-order valence-electron chi connectivity index (χ0n) is 19.4. The highest BCUT2D eigenvalue weighted by molar-refractivity contribution is 6.04. The molecule has 3 amide bonds. The number of anilines is 1. The lowest BCUT2D eigenvalue weighted by molar-refractivity contribution is -0.139. The summed E-state index contributed by atoms with van der Waals surface area (Å²) in [5, 5.41) is 5.83. The van der Waals surface area contributed by atoms with Crippen LogP contribution in [0, 0.1) is 0 Å². The predicted octanol–water partition coefficient (Wildman–Crippen LogP) is 4.88. The topological polar surface area (TPSA) is 87.7 Å². The third kappa shape index (κ3) is 5.61. The Hall–Kier alpha value is -3.61. The molecule has 0 radical (unpaired) electrons. The van der Waals surface area contributed by atoms with Gasteiger partial charge in [0.1, 0.15) is 0 Å². The molecule has 3 rings (SSSR count). The van der Waals surface area contributed by atoms with E-state index in [-0.39, 0.29) is 18.5 Å². The van der Waals surface area contributed by atoms with Gasteiger partial charge in [0, 0.05) is 18.7 Å². The summed E-state index contributed by atoms with van der Waals surface area (Å²) in [6.45, 7) is 6.28. The lowest BCUT2D eigenvalue weighted by Gasteiger charge is -2.37. The summed E-state index contributed by atoms with van der Waals surface area (Å²) >= 11 is 0. The number of carbonyl (C=O) groups excluding carboxylic acids is 3. The molecule has 0 saturated carbocycles. The van der Waals surface area contributed by atoms with Crippen LogP contribution in [0.3, 0.4) is 0 Å². The third-order valence-electron chi connectivity index (χ3n) is 5.43. The zero-order valence-corrected chi connectivity index (χ0v) is 19.4. The number of nitrogens with one attached hydrogen (secondary N) is 2. The average molecular weight is 450 g/mol. The number of benzene rings is 2. The van der Waals surface area contributed by atoms with E-state index in [0.717, 1.165) is 18.4 Å². The molecule has 0 bridgehead atoms. The highest BCUT2D eigenvalue weighted by Crippen LogP contribution is 2.37. The molecule has 0 aromatic heterocycles. The fourth-order valence-corrected chi connectivity index (χ4v) is 3.81. The average Bonchev–Trinajstić information content (AvgIpc) is 2.83. The Bertz CT molecular complexity index is 1030. The first-order valence-corrected chi connectivity index (χ1v) is 11.4. The molecule has 1 atom stereocenters. The van der Waals surface area contributed by atoms with Gasteiger partial charge in [-0.05, 0) is 36.6 Å². The molecule has 0 saturated heterocycles. The summed E-state index contributed by atoms with van der Waals surface area (Å²) in [5.74, 6) is -0.595. The van der Waals surface area contributed by atoms with Crippen molar-refractivity contribution in [3.8, 4) is 0 Å². The molecule has 7 nitrogen and oxygen atoms in total. The monoisotopic (exact) mass is 449 g/mol. The van der Waals surface area contributed by atoms with Crippen molar-refractivity contribution in [1.82, 2.24) is 10.2 Å². The molecule has 1 aliphatic rings. The molecule has 2 aromatic carbocycles. The Kier molecular flexibility index (Phi) is 8.24.